The van der Waals surface area contributed by atoms with Gasteiger partial charge in [-0.25, -0.2) is 0 Å². The second-order valence-electron chi connectivity index (χ2n) is 8.28. The number of carbonyl (C=O) groups excluding carboxylic acids is 1. The van der Waals surface area contributed by atoms with Crippen LogP contribution in [-0.2, 0) is 17.6 Å². The molecule has 0 aliphatic carbocycles. The molecule has 5 nitrogen and oxygen atoms in total. The smallest absolute Gasteiger partial charge is 0.247 e. The van der Waals surface area contributed by atoms with Gasteiger partial charge in [0.25, 0.3) is 0 Å². The Balaban J connectivity index is 1.32. The molecule has 1 amide bonds. The largest absolute Gasteiger partial charge is 0.421 e. The fourth-order valence-corrected chi connectivity index (χ4v) is 3.82. The van der Waals surface area contributed by atoms with Crippen molar-refractivity contribution in [1.82, 2.24) is 15.5 Å². The topological polar surface area (TPSA) is 68.0 Å². The standard InChI is InChI=1S/C28H29N3O2/c1-21-15-17-24(18-16-21)28-31-30-27(33-28)20-19-26(32)29-25(23-12-6-3-7-13-23)14-8-11-22-9-4-2-5-10-22/h2-7,9-10,12-13,15-18,25H,8,11,14,19-20H2,1H3,(H,29,32). The Labute approximate surface area is 194 Å². The molecule has 1 aromatic heterocycles. The Morgan fingerprint density at radius 2 is 1.58 bits per heavy atom. The predicted molar refractivity (Wildman–Crippen MR) is 129 cm³/mol. The summed E-state index contributed by atoms with van der Waals surface area (Å²) < 4.78 is 5.76. The third kappa shape index (κ3) is 6.62. The summed E-state index contributed by atoms with van der Waals surface area (Å²) in [6.45, 7) is 2.03. The SMILES string of the molecule is Cc1ccc(-c2nnc(CCC(=O)NC(CCCc3ccccc3)c3ccccc3)o2)cc1. The zero-order valence-electron chi connectivity index (χ0n) is 18.9. The minimum Gasteiger partial charge on any atom is -0.421 e. The van der Waals surface area contributed by atoms with E-state index in [-0.39, 0.29) is 11.9 Å². The molecular weight excluding hydrogens is 410 g/mol. The molecule has 0 aliphatic heterocycles. The molecule has 168 valence electrons. The Morgan fingerprint density at radius 3 is 2.30 bits per heavy atom. The minimum absolute atomic E-state index is 0.0151. The van der Waals surface area contributed by atoms with E-state index < -0.39 is 0 Å². The van der Waals surface area contributed by atoms with Gasteiger partial charge in [-0.2, -0.15) is 0 Å². The number of hydrogen-bond donors (Lipinski definition) is 1. The van der Waals surface area contributed by atoms with Crippen LogP contribution in [0, 0.1) is 6.92 Å². The molecule has 0 aliphatic rings. The number of nitrogens with zero attached hydrogens (tertiary/aromatic N) is 2. The molecule has 4 rings (SSSR count). The van der Waals surface area contributed by atoms with Crippen LogP contribution in [0.4, 0.5) is 0 Å². The van der Waals surface area contributed by atoms with Crippen molar-refractivity contribution < 1.29 is 9.21 Å². The average molecular weight is 440 g/mol. The summed E-state index contributed by atoms with van der Waals surface area (Å²) in [4.78, 5) is 12.7. The first kappa shape index (κ1) is 22.5. The molecule has 0 fully saturated rings. The summed E-state index contributed by atoms with van der Waals surface area (Å²) in [5.74, 6) is 0.938. The van der Waals surface area contributed by atoms with Crippen molar-refractivity contribution in [2.75, 3.05) is 0 Å². The van der Waals surface area contributed by atoms with E-state index >= 15 is 0 Å². The van der Waals surface area contributed by atoms with Gasteiger partial charge in [0.1, 0.15) is 0 Å². The Morgan fingerprint density at radius 1 is 0.879 bits per heavy atom. The highest BCUT2D eigenvalue weighted by atomic mass is 16.4. The third-order valence-corrected chi connectivity index (χ3v) is 5.67. The van der Waals surface area contributed by atoms with E-state index in [0.717, 1.165) is 30.4 Å². The molecule has 0 spiro atoms. The van der Waals surface area contributed by atoms with Crippen molar-refractivity contribution in [3.05, 3.63) is 108 Å². The van der Waals surface area contributed by atoms with Crippen LogP contribution in [0.25, 0.3) is 11.5 Å². The van der Waals surface area contributed by atoms with Crippen LogP contribution in [0.3, 0.4) is 0 Å². The molecule has 0 saturated heterocycles. The lowest BCUT2D eigenvalue weighted by molar-refractivity contribution is -0.121. The maximum Gasteiger partial charge on any atom is 0.247 e. The second kappa shape index (κ2) is 11.2. The average Bonchev–Trinajstić information content (AvgIpc) is 3.33. The molecular formula is C28H29N3O2. The molecule has 0 radical (unpaired) electrons. The van der Waals surface area contributed by atoms with Crippen molar-refractivity contribution >= 4 is 5.91 Å². The van der Waals surface area contributed by atoms with Gasteiger partial charge in [0.2, 0.25) is 17.7 Å². The normalized spacial score (nSPS) is 11.8. The van der Waals surface area contributed by atoms with Crippen LogP contribution in [-0.4, -0.2) is 16.1 Å². The van der Waals surface area contributed by atoms with Gasteiger partial charge < -0.3 is 9.73 Å². The van der Waals surface area contributed by atoms with Crippen LogP contribution in [0.1, 0.15) is 47.9 Å². The highest BCUT2D eigenvalue weighted by Gasteiger charge is 2.16. The first-order valence-corrected chi connectivity index (χ1v) is 11.4. The number of amides is 1. The first-order chi connectivity index (χ1) is 16.2. The monoisotopic (exact) mass is 439 g/mol. The maximum absolute atomic E-state index is 12.7. The molecule has 1 unspecified atom stereocenters. The molecule has 1 N–H and O–H groups in total. The number of hydrogen-bond acceptors (Lipinski definition) is 4. The maximum atomic E-state index is 12.7. The molecule has 5 heteroatoms. The summed E-state index contributed by atoms with van der Waals surface area (Å²) in [7, 11) is 0. The van der Waals surface area contributed by atoms with Crippen LogP contribution in [0.15, 0.2) is 89.3 Å². The Bertz CT molecular complexity index is 1140. The highest BCUT2D eigenvalue weighted by Crippen LogP contribution is 2.21. The number of carbonyl (C=O) groups is 1. The summed E-state index contributed by atoms with van der Waals surface area (Å²) in [5, 5.41) is 11.4. The van der Waals surface area contributed by atoms with Crippen molar-refractivity contribution in [3.63, 3.8) is 0 Å². The number of rotatable bonds is 10. The van der Waals surface area contributed by atoms with E-state index in [0.29, 0.717) is 24.6 Å². The van der Waals surface area contributed by atoms with Gasteiger partial charge in [-0.1, -0.05) is 78.4 Å². The molecule has 1 heterocycles. The predicted octanol–water partition coefficient (Wildman–Crippen LogP) is 5.86. The van der Waals surface area contributed by atoms with E-state index in [1.807, 2.05) is 55.5 Å². The second-order valence-corrected chi connectivity index (χ2v) is 8.28. The molecule has 4 aromatic rings. The number of aromatic nitrogens is 2. The minimum atomic E-state index is -0.0202. The van der Waals surface area contributed by atoms with Crippen LogP contribution < -0.4 is 5.32 Å². The van der Waals surface area contributed by atoms with Crippen LogP contribution in [0.2, 0.25) is 0 Å². The van der Waals surface area contributed by atoms with Gasteiger partial charge in [-0.15, -0.1) is 10.2 Å². The molecule has 33 heavy (non-hydrogen) atoms. The number of nitrogens with one attached hydrogen (secondary N) is 1. The van der Waals surface area contributed by atoms with E-state index in [4.69, 9.17) is 4.42 Å². The summed E-state index contributed by atoms with van der Waals surface area (Å²) in [6.07, 6.45) is 3.58. The summed E-state index contributed by atoms with van der Waals surface area (Å²) in [5.41, 5.74) is 4.49. The quantitative estimate of drug-likeness (QED) is 0.336. The third-order valence-electron chi connectivity index (χ3n) is 5.67. The first-order valence-electron chi connectivity index (χ1n) is 11.4. The van der Waals surface area contributed by atoms with Gasteiger partial charge in [0.05, 0.1) is 6.04 Å². The zero-order valence-corrected chi connectivity index (χ0v) is 18.9. The molecule has 1 atom stereocenters. The fraction of sp³-hybridized carbons (Fsp3) is 0.250. The number of aryl methyl sites for hydroxylation is 3. The van der Waals surface area contributed by atoms with E-state index in [2.05, 4.69) is 51.9 Å². The molecule has 0 saturated carbocycles. The number of benzene rings is 3. The van der Waals surface area contributed by atoms with E-state index in [1.165, 1.54) is 11.1 Å². The van der Waals surface area contributed by atoms with E-state index in [9.17, 15) is 4.79 Å². The molecule has 3 aromatic carbocycles. The van der Waals surface area contributed by atoms with Crippen molar-refractivity contribution in [3.8, 4) is 11.5 Å². The highest BCUT2D eigenvalue weighted by molar-refractivity contribution is 5.76. The lowest BCUT2D eigenvalue weighted by atomic mass is 9.98. The van der Waals surface area contributed by atoms with Crippen molar-refractivity contribution in [2.45, 2.75) is 45.1 Å². The van der Waals surface area contributed by atoms with Crippen LogP contribution in [0.5, 0.6) is 0 Å². The Hall–Kier alpha value is -3.73. The summed E-state index contributed by atoms with van der Waals surface area (Å²) in [6, 6.07) is 28.5. The lowest BCUT2D eigenvalue weighted by Crippen LogP contribution is -2.28. The lowest BCUT2D eigenvalue weighted by Gasteiger charge is -2.19. The summed E-state index contributed by atoms with van der Waals surface area (Å²) >= 11 is 0. The Kier molecular flexibility index (Phi) is 7.64. The van der Waals surface area contributed by atoms with Crippen molar-refractivity contribution in [1.29, 1.82) is 0 Å². The van der Waals surface area contributed by atoms with Gasteiger partial charge in [0, 0.05) is 18.4 Å². The molecule has 0 bridgehead atoms. The fourth-order valence-electron chi connectivity index (χ4n) is 3.82. The van der Waals surface area contributed by atoms with Crippen LogP contribution >= 0.6 is 0 Å². The van der Waals surface area contributed by atoms with Gasteiger partial charge >= 0.3 is 0 Å². The van der Waals surface area contributed by atoms with Gasteiger partial charge in [-0.3, -0.25) is 4.79 Å². The zero-order chi connectivity index (χ0) is 22.9. The van der Waals surface area contributed by atoms with Crippen molar-refractivity contribution in [2.24, 2.45) is 0 Å². The van der Waals surface area contributed by atoms with Gasteiger partial charge in [0.15, 0.2) is 0 Å². The van der Waals surface area contributed by atoms with Gasteiger partial charge in [-0.05, 0) is 49.4 Å². The van der Waals surface area contributed by atoms with E-state index in [1.54, 1.807) is 0 Å².